The predicted octanol–water partition coefficient (Wildman–Crippen LogP) is 4.21. The molecule has 0 aliphatic rings. The summed E-state index contributed by atoms with van der Waals surface area (Å²) in [7, 11) is 0. The molecule has 1 aromatic carbocycles. The molecule has 27 heavy (non-hydrogen) atoms. The molecule has 6 heteroatoms. The summed E-state index contributed by atoms with van der Waals surface area (Å²) in [5.41, 5.74) is 4.12. The van der Waals surface area contributed by atoms with Gasteiger partial charge in [0.05, 0.1) is 12.2 Å². The van der Waals surface area contributed by atoms with Crippen molar-refractivity contribution in [3.8, 4) is 16.3 Å². The molecule has 3 aromatic rings. The summed E-state index contributed by atoms with van der Waals surface area (Å²) in [6.45, 7) is 8.16. The lowest BCUT2D eigenvalue weighted by Gasteiger charge is -2.15. The van der Waals surface area contributed by atoms with Crippen molar-refractivity contribution in [3.05, 3.63) is 64.4 Å². The van der Waals surface area contributed by atoms with E-state index in [9.17, 15) is 4.79 Å². The number of rotatable bonds is 6. The quantitative estimate of drug-likeness (QED) is 0.694. The Hall–Kier alpha value is -2.73. The molecule has 2 heterocycles. The van der Waals surface area contributed by atoms with E-state index in [4.69, 9.17) is 4.74 Å². The van der Waals surface area contributed by atoms with Crippen molar-refractivity contribution in [1.29, 1.82) is 0 Å². The van der Waals surface area contributed by atoms with E-state index in [0.29, 0.717) is 12.3 Å². The molecular weight excluding hydrogens is 358 g/mol. The van der Waals surface area contributed by atoms with Crippen LogP contribution in [0.4, 0.5) is 0 Å². The minimum Gasteiger partial charge on any atom is -0.481 e. The van der Waals surface area contributed by atoms with E-state index < -0.39 is 6.10 Å². The zero-order valence-corrected chi connectivity index (χ0v) is 16.8. The van der Waals surface area contributed by atoms with Crippen LogP contribution in [-0.2, 0) is 11.3 Å². The van der Waals surface area contributed by atoms with Crippen molar-refractivity contribution < 1.29 is 9.53 Å². The van der Waals surface area contributed by atoms with Crippen molar-refractivity contribution >= 4 is 17.2 Å². The number of hydrogen-bond donors (Lipinski definition) is 1. The highest BCUT2D eigenvalue weighted by atomic mass is 32.1. The van der Waals surface area contributed by atoms with Crippen LogP contribution in [0.1, 0.15) is 28.6 Å². The van der Waals surface area contributed by atoms with Crippen LogP contribution in [0.5, 0.6) is 5.75 Å². The predicted molar refractivity (Wildman–Crippen MR) is 108 cm³/mol. The Bertz CT molecular complexity index is 918. The molecule has 0 saturated carbocycles. The van der Waals surface area contributed by atoms with Gasteiger partial charge in [0.25, 0.3) is 5.91 Å². The van der Waals surface area contributed by atoms with E-state index in [0.717, 1.165) is 32.3 Å². The molecule has 3 rings (SSSR count). The third-order valence-electron chi connectivity index (χ3n) is 4.10. The number of aromatic nitrogens is 2. The normalized spacial score (nSPS) is 11.9. The van der Waals surface area contributed by atoms with E-state index in [1.54, 1.807) is 30.7 Å². The molecule has 1 atom stereocenters. The van der Waals surface area contributed by atoms with Crippen LogP contribution >= 0.6 is 11.3 Å². The van der Waals surface area contributed by atoms with Crippen LogP contribution in [0.15, 0.2) is 42.7 Å². The summed E-state index contributed by atoms with van der Waals surface area (Å²) in [5.74, 6) is 0.563. The minimum absolute atomic E-state index is 0.148. The first-order valence-corrected chi connectivity index (χ1v) is 9.63. The highest BCUT2D eigenvalue weighted by Crippen LogP contribution is 2.27. The molecule has 0 aliphatic heterocycles. The van der Waals surface area contributed by atoms with Gasteiger partial charge < -0.3 is 10.1 Å². The van der Waals surface area contributed by atoms with Gasteiger partial charge in [-0.05, 0) is 63.1 Å². The molecule has 0 fully saturated rings. The third kappa shape index (κ3) is 4.92. The second-order valence-corrected chi connectivity index (χ2v) is 7.65. The summed E-state index contributed by atoms with van der Waals surface area (Å²) in [4.78, 5) is 22.2. The van der Waals surface area contributed by atoms with E-state index >= 15 is 0 Å². The molecule has 2 aromatic heterocycles. The van der Waals surface area contributed by atoms with Crippen LogP contribution < -0.4 is 10.1 Å². The SMILES string of the molecule is Cc1cc(C)cc(OC(C)C(=O)NCc2sc(-c3cccnc3)nc2C)c1. The Balaban J connectivity index is 1.61. The van der Waals surface area contributed by atoms with Gasteiger partial charge in [0, 0.05) is 22.8 Å². The number of aryl methyl sites for hydroxylation is 3. The maximum absolute atomic E-state index is 12.4. The number of amides is 1. The highest BCUT2D eigenvalue weighted by molar-refractivity contribution is 7.15. The van der Waals surface area contributed by atoms with Crippen molar-refractivity contribution in [1.82, 2.24) is 15.3 Å². The van der Waals surface area contributed by atoms with Crippen molar-refractivity contribution in [2.24, 2.45) is 0 Å². The first-order chi connectivity index (χ1) is 12.9. The summed E-state index contributed by atoms with van der Waals surface area (Å²) in [6.07, 6.45) is 2.96. The molecule has 0 radical (unpaired) electrons. The summed E-state index contributed by atoms with van der Waals surface area (Å²) in [6, 6.07) is 9.81. The number of thiazole rings is 1. The zero-order chi connectivity index (χ0) is 19.4. The smallest absolute Gasteiger partial charge is 0.261 e. The Labute approximate surface area is 163 Å². The standard InChI is InChI=1S/C21H23N3O2S/c1-13-8-14(2)10-18(9-13)26-16(4)20(25)23-12-19-15(3)24-21(27-19)17-6-5-7-22-11-17/h5-11,16H,12H2,1-4H3,(H,23,25). The number of carbonyl (C=O) groups excluding carboxylic acids is 1. The number of nitrogens with zero attached hydrogens (tertiary/aromatic N) is 2. The number of carbonyl (C=O) groups is 1. The Morgan fingerprint density at radius 1 is 1.22 bits per heavy atom. The average Bonchev–Trinajstić information content (AvgIpc) is 3.00. The van der Waals surface area contributed by atoms with Crippen LogP contribution in [0.25, 0.3) is 10.6 Å². The third-order valence-corrected chi connectivity index (χ3v) is 5.31. The number of benzene rings is 1. The minimum atomic E-state index is -0.572. The lowest BCUT2D eigenvalue weighted by atomic mass is 10.1. The Morgan fingerprint density at radius 2 is 1.96 bits per heavy atom. The lowest BCUT2D eigenvalue weighted by molar-refractivity contribution is -0.127. The van der Waals surface area contributed by atoms with Gasteiger partial charge in [0.1, 0.15) is 10.8 Å². The fourth-order valence-corrected chi connectivity index (χ4v) is 3.77. The van der Waals surface area contributed by atoms with Crippen LogP contribution in [0, 0.1) is 20.8 Å². The van der Waals surface area contributed by atoms with Gasteiger partial charge in [-0.15, -0.1) is 11.3 Å². The molecule has 5 nitrogen and oxygen atoms in total. The number of pyridine rings is 1. The van der Waals surface area contributed by atoms with E-state index in [-0.39, 0.29) is 5.91 Å². The first-order valence-electron chi connectivity index (χ1n) is 8.82. The molecular formula is C21H23N3O2S. The molecule has 0 spiro atoms. The van der Waals surface area contributed by atoms with Crippen molar-refractivity contribution in [2.45, 2.75) is 40.3 Å². The van der Waals surface area contributed by atoms with Crippen LogP contribution in [-0.4, -0.2) is 22.0 Å². The monoisotopic (exact) mass is 381 g/mol. The molecule has 140 valence electrons. The van der Waals surface area contributed by atoms with E-state index in [1.165, 1.54) is 0 Å². The van der Waals surface area contributed by atoms with E-state index in [2.05, 4.69) is 21.4 Å². The van der Waals surface area contributed by atoms with Gasteiger partial charge in [-0.3, -0.25) is 9.78 Å². The summed E-state index contributed by atoms with van der Waals surface area (Å²) < 4.78 is 5.80. The van der Waals surface area contributed by atoms with Gasteiger partial charge >= 0.3 is 0 Å². The summed E-state index contributed by atoms with van der Waals surface area (Å²) >= 11 is 1.57. The van der Waals surface area contributed by atoms with E-state index in [1.807, 2.05) is 45.0 Å². The zero-order valence-electron chi connectivity index (χ0n) is 15.9. The molecule has 1 amide bonds. The maximum Gasteiger partial charge on any atom is 0.261 e. The highest BCUT2D eigenvalue weighted by Gasteiger charge is 2.16. The Kier molecular flexibility index (Phi) is 5.86. The second-order valence-electron chi connectivity index (χ2n) is 6.57. The van der Waals surface area contributed by atoms with Gasteiger partial charge in [-0.1, -0.05) is 6.07 Å². The second kappa shape index (κ2) is 8.31. The van der Waals surface area contributed by atoms with Gasteiger partial charge in [0.15, 0.2) is 6.10 Å². The lowest BCUT2D eigenvalue weighted by Crippen LogP contribution is -2.35. The molecule has 1 unspecified atom stereocenters. The maximum atomic E-state index is 12.4. The average molecular weight is 382 g/mol. The topological polar surface area (TPSA) is 64.1 Å². The number of nitrogens with one attached hydrogen (secondary N) is 1. The molecule has 0 bridgehead atoms. The fraction of sp³-hybridized carbons (Fsp3) is 0.286. The van der Waals surface area contributed by atoms with Gasteiger partial charge in [-0.25, -0.2) is 4.98 Å². The van der Waals surface area contributed by atoms with Crippen LogP contribution in [0.2, 0.25) is 0 Å². The molecule has 0 saturated heterocycles. The van der Waals surface area contributed by atoms with Crippen molar-refractivity contribution in [2.75, 3.05) is 0 Å². The first kappa shape index (κ1) is 19.0. The largest absolute Gasteiger partial charge is 0.481 e. The fourth-order valence-electron chi connectivity index (χ4n) is 2.77. The van der Waals surface area contributed by atoms with Gasteiger partial charge in [0.2, 0.25) is 0 Å². The number of ether oxygens (including phenoxy) is 1. The Morgan fingerprint density at radius 3 is 2.63 bits per heavy atom. The number of hydrogen-bond acceptors (Lipinski definition) is 5. The van der Waals surface area contributed by atoms with Gasteiger partial charge in [-0.2, -0.15) is 0 Å². The molecule has 0 aliphatic carbocycles. The molecule has 1 N–H and O–H groups in total. The summed E-state index contributed by atoms with van der Waals surface area (Å²) in [5, 5.41) is 3.85. The van der Waals surface area contributed by atoms with Crippen molar-refractivity contribution in [3.63, 3.8) is 0 Å². The van der Waals surface area contributed by atoms with Crippen LogP contribution in [0.3, 0.4) is 0 Å².